The second-order valence-corrected chi connectivity index (χ2v) is 4.49. The molecule has 7 nitrogen and oxygen atoms in total. The van der Waals surface area contributed by atoms with Gasteiger partial charge in [0, 0.05) is 5.56 Å². The van der Waals surface area contributed by atoms with Crippen molar-refractivity contribution in [1.82, 2.24) is 14.6 Å². The highest BCUT2D eigenvalue weighted by Crippen LogP contribution is 2.30. The van der Waals surface area contributed by atoms with Gasteiger partial charge in [-0.15, -0.1) is 5.10 Å². The molecule has 0 aliphatic heterocycles. The van der Waals surface area contributed by atoms with E-state index in [1.165, 1.54) is 24.8 Å². The normalized spacial score (nSPS) is 10.6. The van der Waals surface area contributed by atoms with Crippen molar-refractivity contribution in [2.75, 3.05) is 14.2 Å². The van der Waals surface area contributed by atoms with Crippen LogP contribution in [0.4, 0.5) is 0 Å². The van der Waals surface area contributed by atoms with Crippen molar-refractivity contribution in [3.8, 4) is 22.9 Å². The van der Waals surface area contributed by atoms with Crippen LogP contribution in [0.15, 0.2) is 36.4 Å². The topological polar surface area (TPSA) is 86.0 Å². The fourth-order valence-corrected chi connectivity index (χ4v) is 2.10. The van der Waals surface area contributed by atoms with Crippen LogP contribution in [-0.4, -0.2) is 39.9 Å². The average Bonchev–Trinajstić information content (AvgIpc) is 2.98. The minimum absolute atomic E-state index is 0.0327. The Morgan fingerprint density at radius 3 is 2.77 bits per heavy atom. The number of benzene rings is 1. The Balaban J connectivity index is 2.15. The monoisotopic (exact) mass is 299 g/mol. The fraction of sp³-hybridized carbons (Fsp3) is 0.133. The van der Waals surface area contributed by atoms with Crippen LogP contribution in [0.3, 0.4) is 0 Å². The molecule has 0 saturated heterocycles. The second-order valence-electron chi connectivity index (χ2n) is 4.49. The molecule has 7 heteroatoms. The molecular weight excluding hydrogens is 286 g/mol. The largest absolute Gasteiger partial charge is 0.504 e. The van der Waals surface area contributed by atoms with E-state index in [9.17, 15) is 9.90 Å². The number of rotatable bonds is 3. The van der Waals surface area contributed by atoms with Crippen molar-refractivity contribution >= 4 is 11.6 Å². The van der Waals surface area contributed by atoms with Crippen molar-refractivity contribution in [3.05, 3.63) is 42.1 Å². The zero-order chi connectivity index (χ0) is 15.7. The smallest absolute Gasteiger partial charge is 0.356 e. The van der Waals surface area contributed by atoms with Crippen molar-refractivity contribution in [2.45, 2.75) is 0 Å². The molecule has 0 amide bonds. The predicted octanol–water partition coefficient (Wildman–Crippen LogP) is 1.90. The fourth-order valence-electron chi connectivity index (χ4n) is 2.10. The number of fused-ring (bicyclic) bond motifs is 1. The number of esters is 1. The summed E-state index contributed by atoms with van der Waals surface area (Å²) >= 11 is 0. The van der Waals surface area contributed by atoms with E-state index in [-0.39, 0.29) is 11.4 Å². The number of hydrogen-bond acceptors (Lipinski definition) is 6. The molecule has 3 aromatic rings. The van der Waals surface area contributed by atoms with Gasteiger partial charge >= 0.3 is 5.97 Å². The molecule has 0 aliphatic rings. The van der Waals surface area contributed by atoms with Gasteiger partial charge in [0.05, 0.1) is 14.2 Å². The number of carbonyl (C=O) groups is 1. The van der Waals surface area contributed by atoms with Crippen LogP contribution in [0.2, 0.25) is 0 Å². The van der Waals surface area contributed by atoms with Crippen LogP contribution in [0.5, 0.6) is 11.5 Å². The third kappa shape index (κ3) is 2.22. The van der Waals surface area contributed by atoms with Gasteiger partial charge in [-0.3, -0.25) is 0 Å². The summed E-state index contributed by atoms with van der Waals surface area (Å²) in [5.74, 6) is 0.273. The first-order valence-electron chi connectivity index (χ1n) is 6.45. The van der Waals surface area contributed by atoms with Gasteiger partial charge in [-0.2, -0.15) is 0 Å². The number of pyridine rings is 1. The highest BCUT2D eigenvalue weighted by molar-refractivity contribution is 5.88. The third-order valence-electron chi connectivity index (χ3n) is 3.19. The van der Waals surface area contributed by atoms with Crippen molar-refractivity contribution in [3.63, 3.8) is 0 Å². The molecule has 112 valence electrons. The van der Waals surface area contributed by atoms with Gasteiger partial charge in [0.15, 0.2) is 28.7 Å². The van der Waals surface area contributed by atoms with Crippen molar-refractivity contribution in [1.29, 1.82) is 0 Å². The molecule has 0 spiro atoms. The zero-order valence-electron chi connectivity index (χ0n) is 12.0. The summed E-state index contributed by atoms with van der Waals surface area (Å²) in [7, 11) is 2.77. The molecule has 0 saturated carbocycles. The van der Waals surface area contributed by atoms with Gasteiger partial charge in [0.2, 0.25) is 0 Å². The van der Waals surface area contributed by atoms with Gasteiger partial charge in [-0.1, -0.05) is 6.07 Å². The Morgan fingerprint density at radius 2 is 2.05 bits per heavy atom. The standard InChI is InChI=1S/C15H13N3O4/c1-21-12-8-9(6-7-11(12)19)14-16-13-5-3-4-10(15(20)22-2)18(13)17-14/h3-8,19H,1-2H3. The van der Waals surface area contributed by atoms with Gasteiger partial charge in [-0.25, -0.2) is 14.3 Å². The van der Waals surface area contributed by atoms with E-state index in [2.05, 4.69) is 10.1 Å². The van der Waals surface area contributed by atoms with Crippen molar-refractivity contribution < 1.29 is 19.4 Å². The second kappa shape index (κ2) is 5.36. The molecule has 0 fully saturated rings. The molecule has 2 heterocycles. The van der Waals surface area contributed by atoms with Crippen LogP contribution in [-0.2, 0) is 4.74 Å². The summed E-state index contributed by atoms with van der Waals surface area (Å²) in [5.41, 5.74) is 1.46. The molecule has 0 atom stereocenters. The summed E-state index contributed by atoms with van der Waals surface area (Å²) in [6.45, 7) is 0. The number of phenolic OH excluding ortho intramolecular Hbond substituents is 1. The van der Waals surface area contributed by atoms with Crippen LogP contribution in [0.25, 0.3) is 17.0 Å². The lowest BCUT2D eigenvalue weighted by Gasteiger charge is -2.04. The number of carbonyl (C=O) groups excluding carboxylic acids is 1. The Morgan fingerprint density at radius 1 is 1.23 bits per heavy atom. The first-order valence-corrected chi connectivity index (χ1v) is 6.45. The number of hydrogen-bond donors (Lipinski definition) is 1. The predicted molar refractivity (Wildman–Crippen MR) is 78.0 cm³/mol. The first-order chi connectivity index (χ1) is 10.6. The SMILES string of the molecule is COC(=O)c1cccc2nc(-c3ccc(O)c(OC)c3)nn12. The van der Waals surface area contributed by atoms with Gasteiger partial charge < -0.3 is 14.6 Å². The highest BCUT2D eigenvalue weighted by Gasteiger charge is 2.15. The molecule has 22 heavy (non-hydrogen) atoms. The summed E-state index contributed by atoms with van der Waals surface area (Å²) < 4.78 is 11.2. The molecule has 0 radical (unpaired) electrons. The van der Waals surface area contributed by atoms with Crippen LogP contribution >= 0.6 is 0 Å². The van der Waals surface area contributed by atoms with Crippen LogP contribution in [0, 0.1) is 0 Å². The average molecular weight is 299 g/mol. The summed E-state index contributed by atoms with van der Waals surface area (Å²) in [5, 5.41) is 14.0. The number of methoxy groups -OCH3 is 2. The maximum atomic E-state index is 11.8. The summed E-state index contributed by atoms with van der Waals surface area (Å²) in [6, 6.07) is 9.85. The van der Waals surface area contributed by atoms with Crippen molar-refractivity contribution in [2.24, 2.45) is 0 Å². The van der Waals surface area contributed by atoms with Gasteiger partial charge in [0.25, 0.3) is 0 Å². The number of nitrogens with zero attached hydrogens (tertiary/aromatic N) is 3. The Hall–Kier alpha value is -3.09. The Kier molecular flexibility index (Phi) is 3.38. The number of phenols is 1. The number of aromatic nitrogens is 3. The van der Waals surface area contributed by atoms with Gasteiger partial charge in [-0.05, 0) is 30.3 Å². The van der Waals surface area contributed by atoms with Crippen LogP contribution in [0.1, 0.15) is 10.5 Å². The minimum Gasteiger partial charge on any atom is -0.504 e. The molecule has 3 rings (SSSR count). The van der Waals surface area contributed by atoms with E-state index in [0.717, 1.165) is 0 Å². The first kappa shape index (κ1) is 13.9. The lowest BCUT2D eigenvalue weighted by molar-refractivity contribution is 0.0591. The van der Waals surface area contributed by atoms with E-state index in [0.29, 0.717) is 22.8 Å². The quantitative estimate of drug-likeness (QED) is 0.743. The third-order valence-corrected chi connectivity index (χ3v) is 3.19. The minimum atomic E-state index is -0.495. The molecule has 2 aromatic heterocycles. The van der Waals surface area contributed by atoms with E-state index in [4.69, 9.17) is 9.47 Å². The van der Waals surface area contributed by atoms with Gasteiger partial charge in [0.1, 0.15) is 0 Å². The molecule has 0 bridgehead atoms. The maximum absolute atomic E-state index is 11.8. The molecule has 1 aromatic carbocycles. The molecule has 0 aliphatic carbocycles. The van der Waals surface area contributed by atoms with Crippen LogP contribution < -0.4 is 4.74 Å². The van der Waals surface area contributed by atoms with E-state index in [1.807, 2.05) is 0 Å². The molecule has 0 unspecified atom stereocenters. The zero-order valence-corrected chi connectivity index (χ0v) is 12.0. The lowest BCUT2D eigenvalue weighted by Crippen LogP contribution is -2.08. The Bertz CT molecular complexity index is 857. The molecule has 1 N–H and O–H groups in total. The molecular formula is C15H13N3O4. The maximum Gasteiger partial charge on any atom is 0.356 e. The summed E-state index contributed by atoms with van der Waals surface area (Å²) in [4.78, 5) is 16.1. The number of ether oxygens (including phenoxy) is 2. The van der Waals surface area contributed by atoms with E-state index in [1.54, 1.807) is 30.3 Å². The Labute approximate surface area is 125 Å². The lowest BCUT2D eigenvalue weighted by atomic mass is 10.2. The van der Waals surface area contributed by atoms with E-state index >= 15 is 0 Å². The van der Waals surface area contributed by atoms with E-state index < -0.39 is 5.97 Å². The number of aromatic hydroxyl groups is 1. The summed E-state index contributed by atoms with van der Waals surface area (Å²) in [6.07, 6.45) is 0. The highest BCUT2D eigenvalue weighted by atomic mass is 16.5.